The molecule has 0 atom stereocenters. The van der Waals surface area contributed by atoms with E-state index < -0.39 is 0 Å². The van der Waals surface area contributed by atoms with Crippen LogP contribution in [0.1, 0.15) is 5.56 Å². The number of ether oxygens (including phenoxy) is 2. The molecule has 1 N–H and O–H groups in total. The maximum Gasteiger partial charge on any atom is 0.132 e. The summed E-state index contributed by atoms with van der Waals surface area (Å²) < 4.78 is 11.3. The summed E-state index contributed by atoms with van der Waals surface area (Å²) in [6, 6.07) is 7.84. The van der Waals surface area contributed by atoms with E-state index in [-0.39, 0.29) is 0 Å². The standard InChI is InChI=1S/C14H16N2O2S/c1-10-13(15-9-16-14(10)19)11-5-3-4-6-12(11)18-8-7-17-2/h3-6,9H,7-8H2,1-2H3,(H,15,16,19). The molecular weight excluding hydrogens is 260 g/mol. The first-order valence-corrected chi connectivity index (χ1v) is 6.40. The first-order valence-electron chi connectivity index (χ1n) is 5.99. The topological polar surface area (TPSA) is 47.1 Å². The van der Waals surface area contributed by atoms with Gasteiger partial charge in [-0.15, -0.1) is 0 Å². The molecule has 1 heterocycles. The number of benzene rings is 1. The molecule has 0 aliphatic carbocycles. The number of para-hydroxylation sites is 1. The summed E-state index contributed by atoms with van der Waals surface area (Å²) in [5, 5.41) is 0. The molecule has 0 aliphatic rings. The minimum absolute atomic E-state index is 0.512. The lowest BCUT2D eigenvalue weighted by atomic mass is 10.1. The van der Waals surface area contributed by atoms with Gasteiger partial charge in [0.05, 0.1) is 18.6 Å². The van der Waals surface area contributed by atoms with Crippen molar-refractivity contribution in [3.8, 4) is 17.0 Å². The Morgan fingerprint density at radius 1 is 1.26 bits per heavy atom. The van der Waals surface area contributed by atoms with Gasteiger partial charge in [-0.2, -0.15) is 0 Å². The van der Waals surface area contributed by atoms with E-state index in [0.29, 0.717) is 17.9 Å². The first kappa shape index (κ1) is 13.7. The molecule has 0 saturated carbocycles. The smallest absolute Gasteiger partial charge is 0.132 e. The lowest BCUT2D eigenvalue weighted by molar-refractivity contribution is 0.146. The molecule has 5 heteroatoms. The summed E-state index contributed by atoms with van der Waals surface area (Å²) in [5.74, 6) is 0.805. The maximum atomic E-state index is 5.73. The van der Waals surface area contributed by atoms with E-state index in [2.05, 4.69) is 9.97 Å². The number of aromatic nitrogens is 2. The minimum Gasteiger partial charge on any atom is -0.490 e. The van der Waals surface area contributed by atoms with Gasteiger partial charge in [-0.1, -0.05) is 24.4 Å². The van der Waals surface area contributed by atoms with Crippen LogP contribution in [0, 0.1) is 11.6 Å². The Labute approximate surface area is 117 Å². The zero-order valence-corrected chi connectivity index (χ0v) is 11.8. The average Bonchev–Trinajstić information content (AvgIpc) is 2.43. The molecular formula is C14H16N2O2S. The van der Waals surface area contributed by atoms with Crippen LogP contribution in [-0.2, 0) is 4.74 Å². The Balaban J connectivity index is 2.39. The summed E-state index contributed by atoms with van der Waals surface area (Å²) in [4.78, 5) is 7.20. The van der Waals surface area contributed by atoms with Crippen molar-refractivity contribution in [2.75, 3.05) is 20.3 Å². The summed E-state index contributed by atoms with van der Waals surface area (Å²) in [6.45, 7) is 3.02. The highest BCUT2D eigenvalue weighted by Crippen LogP contribution is 2.30. The van der Waals surface area contributed by atoms with Gasteiger partial charge in [0, 0.05) is 18.2 Å². The van der Waals surface area contributed by atoms with Crippen molar-refractivity contribution >= 4 is 12.2 Å². The molecule has 1 aromatic carbocycles. The van der Waals surface area contributed by atoms with Crippen molar-refractivity contribution in [2.24, 2.45) is 0 Å². The molecule has 0 bridgehead atoms. The number of nitrogens with one attached hydrogen (secondary N) is 1. The SMILES string of the molecule is COCCOc1ccccc1-c1[nH]cnc(=S)c1C. The van der Waals surface area contributed by atoms with Crippen LogP contribution in [0.15, 0.2) is 30.6 Å². The minimum atomic E-state index is 0.512. The number of nitrogens with zero attached hydrogens (tertiary/aromatic N) is 1. The maximum absolute atomic E-state index is 5.73. The molecule has 0 spiro atoms. The van der Waals surface area contributed by atoms with Crippen LogP contribution >= 0.6 is 12.2 Å². The fourth-order valence-corrected chi connectivity index (χ4v) is 1.94. The van der Waals surface area contributed by atoms with E-state index in [1.807, 2.05) is 31.2 Å². The molecule has 0 aliphatic heterocycles. The molecule has 4 nitrogen and oxygen atoms in total. The van der Waals surface area contributed by atoms with Crippen molar-refractivity contribution in [2.45, 2.75) is 6.92 Å². The molecule has 0 amide bonds. The third kappa shape index (κ3) is 3.19. The van der Waals surface area contributed by atoms with E-state index in [4.69, 9.17) is 21.7 Å². The Kier molecular flexibility index (Phi) is 4.65. The van der Waals surface area contributed by atoms with E-state index >= 15 is 0 Å². The van der Waals surface area contributed by atoms with Crippen molar-refractivity contribution < 1.29 is 9.47 Å². The van der Waals surface area contributed by atoms with Gasteiger partial charge in [0.2, 0.25) is 0 Å². The molecule has 0 fully saturated rings. The van der Waals surface area contributed by atoms with Crippen molar-refractivity contribution in [3.05, 3.63) is 40.8 Å². The Hall–Kier alpha value is -1.72. The van der Waals surface area contributed by atoms with Gasteiger partial charge in [-0.25, -0.2) is 4.98 Å². The fourth-order valence-electron chi connectivity index (χ4n) is 1.78. The molecule has 2 aromatic rings. The van der Waals surface area contributed by atoms with Crippen LogP contribution in [-0.4, -0.2) is 30.3 Å². The van der Waals surface area contributed by atoms with Crippen LogP contribution in [0.25, 0.3) is 11.3 Å². The van der Waals surface area contributed by atoms with Gasteiger partial charge in [0.1, 0.15) is 17.0 Å². The van der Waals surface area contributed by atoms with Gasteiger partial charge in [0.15, 0.2) is 0 Å². The Bertz CT molecular complexity index is 610. The van der Waals surface area contributed by atoms with Crippen LogP contribution in [0.3, 0.4) is 0 Å². The third-order valence-electron chi connectivity index (χ3n) is 2.79. The molecule has 1 aromatic heterocycles. The second kappa shape index (κ2) is 6.45. The van der Waals surface area contributed by atoms with Crippen LogP contribution in [0.2, 0.25) is 0 Å². The molecule has 19 heavy (non-hydrogen) atoms. The lowest BCUT2D eigenvalue weighted by Gasteiger charge is -2.12. The first-order chi connectivity index (χ1) is 9.24. The van der Waals surface area contributed by atoms with Gasteiger partial charge in [-0.05, 0) is 19.1 Å². The predicted molar refractivity (Wildman–Crippen MR) is 77.0 cm³/mol. The average molecular weight is 276 g/mol. The zero-order valence-electron chi connectivity index (χ0n) is 11.0. The van der Waals surface area contributed by atoms with Crippen LogP contribution in [0.5, 0.6) is 5.75 Å². The second-order valence-electron chi connectivity index (χ2n) is 4.05. The van der Waals surface area contributed by atoms with Gasteiger partial charge >= 0.3 is 0 Å². The highest BCUT2D eigenvalue weighted by molar-refractivity contribution is 7.71. The summed E-state index contributed by atoms with van der Waals surface area (Å²) in [5.41, 5.74) is 2.86. The van der Waals surface area contributed by atoms with Crippen molar-refractivity contribution in [1.82, 2.24) is 9.97 Å². The number of rotatable bonds is 5. The summed E-state index contributed by atoms with van der Waals surface area (Å²) >= 11 is 5.20. The molecule has 0 saturated heterocycles. The molecule has 0 radical (unpaired) electrons. The second-order valence-corrected chi connectivity index (χ2v) is 4.43. The van der Waals surface area contributed by atoms with Gasteiger partial charge in [-0.3, -0.25) is 0 Å². The Morgan fingerprint density at radius 3 is 2.84 bits per heavy atom. The van der Waals surface area contributed by atoms with Crippen molar-refractivity contribution in [3.63, 3.8) is 0 Å². The lowest BCUT2D eigenvalue weighted by Crippen LogP contribution is -2.05. The predicted octanol–water partition coefficient (Wildman–Crippen LogP) is 3.14. The number of hydrogen-bond donors (Lipinski definition) is 1. The normalized spacial score (nSPS) is 10.4. The Morgan fingerprint density at radius 2 is 2.05 bits per heavy atom. The highest BCUT2D eigenvalue weighted by Gasteiger charge is 2.09. The largest absolute Gasteiger partial charge is 0.490 e. The van der Waals surface area contributed by atoms with E-state index in [0.717, 1.165) is 22.6 Å². The van der Waals surface area contributed by atoms with E-state index in [1.165, 1.54) is 0 Å². The van der Waals surface area contributed by atoms with E-state index in [9.17, 15) is 0 Å². The number of methoxy groups -OCH3 is 1. The number of hydrogen-bond acceptors (Lipinski definition) is 4. The quantitative estimate of drug-likeness (QED) is 0.673. The van der Waals surface area contributed by atoms with Crippen molar-refractivity contribution in [1.29, 1.82) is 0 Å². The molecule has 2 rings (SSSR count). The highest BCUT2D eigenvalue weighted by atomic mass is 32.1. The monoisotopic (exact) mass is 276 g/mol. The summed E-state index contributed by atoms with van der Waals surface area (Å²) in [6.07, 6.45) is 1.61. The summed E-state index contributed by atoms with van der Waals surface area (Å²) in [7, 11) is 1.65. The molecule has 0 unspecified atom stereocenters. The zero-order chi connectivity index (χ0) is 13.7. The van der Waals surface area contributed by atoms with Gasteiger partial charge in [0.25, 0.3) is 0 Å². The van der Waals surface area contributed by atoms with Gasteiger partial charge < -0.3 is 14.5 Å². The third-order valence-corrected chi connectivity index (χ3v) is 3.20. The van der Waals surface area contributed by atoms with Crippen LogP contribution in [0.4, 0.5) is 0 Å². The fraction of sp³-hybridized carbons (Fsp3) is 0.286. The number of aromatic amines is 1. The van der Waals surface area contributed by atoms with E-state index in [1.54, 1.807) is 13.4 Å². The molecule has 100 valence electrons. The van der Waals surface area contributed by atoms with Crippen LogP contribution < -0.4 is 4.74 Å². The number of H-pyrrole nitrogens is 1.